The first kappa shape index (κ1) is 20.9. The number of benzene rings is 1. The van der Waals surface area contributed by atoms with E-state index in [1.54, 1.807) is 11.3 Å². The van der Waals surface area contributed by atoms with E-state index in [0.29, 0.717) is 17.8 Å². The van der Waals surface area contributed by atoms with Gasteiger partial charge >= 0.3 is 0 Å². The van der Waals surface area contributed by atoms with E-state index in [2.05, 4.69) is 55.8 Å². The third kappa shape index (κ3) is 3.40. The van der Waals surface area contributed by atoms with Crippen LogP contribution in [0, 0.1) is 30.6 Å². The first-order valence-corrected chi connectivity index (χ1v) is 11.5. The highest BCUT2D eigenvalue weighted by Crippen LogP contribution is 2.51. The van der Waals surface area contributed by atoms with Crippen molar-refractivity contribution in [3.8, 4) is 6.07 Å². The van der Waals surface area contributed by atoms with Gasteiger partial charge in [-0.2, -0.15) is 5.26 Å². The van der Waals surface area contributed by atoms with Gasteiger partial charge in [0, 0.05) is 37.6 Å². The number of carbonyl (C=O) groups excluding carboxylic acids is 1. The summed E-state index contributed by atoms with van der Waals surface area (Å²) in [6.07, 6.45) is 1.19. The van der Waals surface area contributed by atoms with Gasteiger partial charge in [0.2, 0.25) is 0 Å². The molecule has 0 amide bonds. The number of carbonyl (C=O) groups is 1. The first-order valence-electron chi connectivity index (χ1n) is 9.91. The second kappa shape index (κ2) is 7.40. The fraction of sp³-hybridized carbons (Fsp3) is 0.333. The van der Waals surface area contributed by atoms with Crippen molar-refractivity contribution < 1.29 is 4.79 Å². The van der Waals surface area contributed by atoms with Crippen LogP contribution in [0.25, 0.3) is 0 Å². The maximum Gasteiger partial charge on any atom is 0.162 e. The predicted octanol–water partition coefficient (Wildman–Crippen LogP) is 6.07. The molecular weight excluding hydrogens is 458 g/mol. The third-order valence-corrected chi connectivity index (χ3v) is 7.31. The lowest BCUT2D eigenvalue weighted by molar-refractivity contribution is -0.118. The summed E-state index contributed by atoms with van der Waals surface area (Å²) in [5.74, 6) is 0.116. The van der Waals surface area contributed by atoms with E-state index in [0.717, 1.165) is 38.3 Å². The minimum absolute atomic E-state index is 0.106. The molecule has 2 aliphatic rings. The topological polar surface area (TPSA) is 70.1 Å². The van der Waals surface area contributed by atoms with Crippen LogP contribution in [-0.4, -0.2) is 5.78 Å². The predicted molar refractivity (Wildman–Crippen MR) is 125 cm³/mol. The number of allylic oxidation sites excluding steroid dienone is 3. The summed E-state index contributed by atoms with van der Waals surface area (Å²) >= 11 is 5.22. The molecule has 0 radical (unpaired) electrons. The average Bonchev–Trinajstić information content (AvgIpc) is 2.97. The van der Waals surface area contributed by atoms with Crippen LogP contribution in [0.15, 0.2) is 57.5 Å². The lowest BCUT2D eigenvalue weighted by atomic mass is 9.68. The normalized spacial score (nSPS) is 21.0. The van der Waals surface area contributed by atoms with Gasteiger partial charge in [-0.25, -0.2) is 0 Å². The number of rotatable bonds is 2. The minimum atomic E-state index is -0.401. The van der Waals surface area contributed by atoms with Crippen molar-refractivity contribution in [1.29, 1.82) is 5.26 Å². The van der Waals surface area contributed by atoms with Crippen molar-refractivity contribution in [2.24, 2.45) is 11.1 Å². The van der Waals surface area contributed by atoms with Crippen LogP contribution in [0.5, 0.6) is 0 Å². The molecule has 2 heterocycles. The Morgan fingerprint density at radius 3 is 2.60 bits per heavy atom. The molecule has 1 unspecified atom stereocenters. The number of Topliss-reactive ketones (excluding diaryl/α,β-unsaturated/α-hetero) is 1. The molecule has 0 saturated heterocycles. The van der Waals surface area contributed by atoms with Crippen LogP contribution in [0.3, 0.4) is 0 Å². The second-order valence-electron chi connectivity index (χ2n) is 8.83. The van der Waals surface area contributed by atoms with Crippen molar-refractivity contribution in [2.75, 3.05) is 4.90 Å². The Morgan fingerprint density at radius 1 is 1.27 bits per heavy atom. The number of halogens is 1. The van der Waals surface area contributed by atoms with Crippen LogP contribution >= 0.6 is 27.3 Å². The number of hydrogen-bond acceptors (Lipinski definition) is 5. The van der Waals surface area contributed by atoms with E-state index in [9.17, 15) is 10.1 Å². The number of aryl methyl sites for hydroxylation is 2. The van der Waals surface area contributed by atoms with Gasteiger partial charge in [-0.1, -0.05) is 35.8 Å². The molecule has 2 aromatic rings. The molecule has 2 N–H and O–H groups in total. The molecule has 0 bridgehead atoms. The van der Waals surface area contributed by atoms with Crippen LogP contribution in [0.4, 0.5) is 5.69 Å². The summed E-state index contributed by atoms with van der Waals surface area (Å²) in [6.45, 7) is 8.33. The van der Waals surface area contributed by atoms with Gasteiger partial charge in [0.1, 0.15) is 5.82 Å². The smallest absolute Gasteiger partial charge is 0.162 e. The number of nitriles is 1. The second-order valence-corrected chi connectivity index (χ2v) is 11.2. The molecule has 4 rings (SSSR count). The van der Waals surface area contributed by atoms with Crippen LogP contribution in [0.2, 0.25) is 0 Å². The fourth-order valence-corrected chi connectivity index (χ4v) is 6.02. The highest BCUT2D eigenvalue weighted by molar-refractivity contribution is 9.10. The summed E-state index contributed by atoms with van der Waals surface area (Å²) in [7, 11) is 0. The van der Waals surface area contributed by atoms with E-state index < -0.39 is 5.92 Å². The van der Waals surface area contributed by atoms with Gasteiger partial charge in [0.05, 0.1) is 17.6 Å². The van der Waals surface area contributed by atoms with Crippen molar-refractivity contribution in [3.63, 3.8) is 0 Å². The Bertz CT molecular complexity index is 1170. The van der Waals surface area contributed by atoms with Crippen LogP contribution in [-0.2, 0) is 4.79 Å². The number of nitrogens with zero attached hydrogens (tertiary/aromatic N) is 2. The molecule has 0 spiro atoms. The summed E-state index contributed by atoms with van der Waals surface area (Å²) in [5.41, 5.74) is 10.5. The third-order valence-electron chi connectivity index (χ3n) is 5.84. The lowest BCUT2D eigenvalue weighted by Crippen LogP contribution is -2.42. The van der Waals surface area contributed by atoms with Gasteiger partial charge in [-0.3, -0.25) is 9.69 Å². The average molecular weight is 482 g/mol. The first-order chi connectivity index (χ1) is 14.1. The highest BCUT2D eigenvalue weighted by Gasteiger charge is 2.45. The van der Waals surface area contributed by atoms with E-state index in [4.69, 9.17) is 5.73 Å². The van der Waals surface area contributed by atoms with Crippen molar-refractivity contribution in [2.45, 2.75) is 46.5 Å². The zero-order valence-electron chi connectivity index (χ0n) is 17.5. The minimum Gasteiger partial charge on any atom is -0.384 e. The Labute approximate surface area is 189 Å². The van der Waals surface area contributed by atoms with Crippen molar-refractivity contribution >= 4 is 38.7 Å². The summed E-state index contributed by atoms with van der Waals surface area (Å²) in [4.78, 5) is 17.7. The number of anilines is 1. The van der Waals surface area contributed by atoms with E-state index in [1.807, 2.05) is 29.2 Å². The quantitative estimate of drug-likeness (QED) is 0.564. The molecule has 1 aliphatic carbocycles. The number of hydrogen-bond donors (Lipinski definition) is 1. The zero-order valence-corrected chi connectivity index (χ0v) is 19.9. The van der Waals surface area contributed by atoms with Gasteiger partial charge < -0.3 is 5.73 Å². The highest BCUT2D eigenvalue weighted by atomic mass is 79.9. The maximum absolute atomic E-state index is 13.5. The number of thiophene rings is 1. The molecule has 30 heavy (non-hydrogen) atoms. The molecule has 1 atom stereocenters. The molecule has 1 aliphatic heterocycles. The van der Waals surface area contributed by atoms with E-state index in [-0.39, 0.29) is 11.2 Å². The molecule has 154 valence electrons. The standard InChI is InChI=1S/C24H24BrN3OS/c1-13-8-17(14(2)30-13)21-18(12-26)23(27)28(16-7-5-6-15(25)9-16)19-10-24(3,4)11-20(29)22(19)21/h5-9,21H,10-11,27H2,1-4H3. The molecule has 0 fully saturated rings. The molecule has 6 heteroatoms. The zero-order chi connectivity index (χ0) is 21.8. The largest absolute Gasteiger partial charge is 0.384 e. The maximum atomic E-state index is 13.5. The fourth-order valence-electron chi connectivity index (χ4n) is 4.67. The van der Waals surface area contributed by atoms with Gasteiger partial charge in [0.15, 0.2) is 5.78 Å². The summed E-state index contributed by atoms with van der Waals surface area (Å²) < 4.78 is 0.918. The number of nitrogens with two attached hydrogens (primary N) is 1. The van der Waals surface area contributed by atoms with Gasteiger partial charge in [-0.05, 0) is 55.5 Å². The Balaban J connectivity index is 2.03. The SMILES string of the molecule is Cc1cc(C2C(C#N)=C(N)N(c3cccc(Br)c3)C3=C2C(=O)CC(C)(C)C3)c(C)s1. The molecule has 4 nitrogen and oxygen atoms in total. The molecule has 0 saturated carbocycles. The van der Waals surface area contributed by atoms with Gasteiger partial charge in [-0.15, -0.1) is 11.3 Å². The lowest BCUT2D eigenvalue weighted by Gasteiger charge is -2.43. The summed E-state index contributed by atoms with van der Waals surface area (Å²) in [5, 5.41) is 10.1. The van der Waals surface area contributed by atoms with Crippen LogP contribution < -0.4 is 10.6 Å². The molecular formula is C24H24BrN3OS. The van der Waals surface area contributed by atoms with E-state index >= 15 is 0 Å². The summed E-state index contributed by atoms with van der Waals surface area (Å²) in [6, 6.07) is 12.3. The Morgan fingerprint density at radius 2 is 2.00 bits per heavy atom. The Hall–Kier alpha value is -2.36. The van der Waals surface area contributed by atoms with Gasteiger partial charge in [0.25, 0.3) is 0 Å². The van der Waals surface area contributed by atoms with Crippen LogP contribution in [0.1, 0.15) is 47.9 Å². The van der Waals surface area contributed by atoms with Crippen molar-refractivity contribution in [3.05, 3.63) is 72.8 Å². The monoisotopic (exact) mass is 481 g/mol. The molecule has 1 aromatic heterocycles. The van der Waals surface area contributed by atoms with Crippen molar-refractivity contribution in [1.82, 2.24) is 0 Å². The molecule has 1 aromatic carbocycles. The number of ketones is 1. The Kier molecular flexibility index (Phi) is 5.16. The van der Waals surface area contributed by atoms with E-state index in [1.165, 1.54) is 4.88 Å².